The van der Waals surface area contributed by atoms with Gasteiger partial charge in [0, 0.05) is 57.0 Å². The molecule has 7 heteroatoms. The molecule has 0 heterocycles. The monoisotopic (exact) mass is 356 g/mol. The van der Waals surface area contributed by atoms with Crippen LogP contribution in [-0.4, -0.2) is 61.9 Å². The first kappa shape index (κ1) is 23.4. The van der Waals surface area contributed by atoms with Crippen molar-refractivity contribution in [2.75, 3.05) is 39.3 Å². The maximum absolute atomic E-state index is 11.6. The van der Waals surface area contributed by atoms with Crippen molar-refractivity contribution in [1.29, 1.82) is 0 Å². The van der Waals surface area contributed by atoms with Crippen molar-refractivity contribution in [2.24, 2.45) is 17.8 Å². The molecule has 0 saturated heterocycles. The van der Waals surface area contributed by atoms with Crippen LogP contribution in [0.4, 0.5) is 0 Å². The molecule has 146 valence electrons. The van der Waals surface area contributed by atoms with E-state index in [9.17, 15) is 14.4 Å². The maximum atomic E-state index is 11.6. The molecule has 0 rings (SSSR count). The van der Waals surface area contributed by atoms with E-state index in [1.54, 1.807) is 0 Å². The minimum atomic E-state index is -0.0379. The molecule has 25 heavy (non-hydrogen) atoms. The summed E-state index contributed by atoms with van der Waals surface area (Å²) in [7, 11) is 0. The first-order valence-corrected chi connectivity index (χ1v) is 9.20. The van der Waals surface area contributed by atoms with Gasteiger partial charge < -0.3 is 16.0 Å². The second kappa shape index (κ2) is 12.7. The lowest BCUT2D eigenvalue weighted by molar-refractivity contribution is -0.124. The van der Waals surface area contributed by atoms with E-state index in [1.165, 1.54) is 0 Å². The third-order valence-corrected chi connectivity index (χ3v) is 3.75. The van der Waals surface area contributed by atoms with Crippen LogP contribution in [0.5, 0.6) is 0 Å². The van der Waals surface area contributed by atoms with Crippen molar-refractivity contribution in [1.82, 2.24) is 20.9 Å². The third kappa shape index (κ3) is 11.5. The Morgan fingerprint density at radius 2 is 0.840 bits per heavy atom. The SMILES string of the molecule is CC(C)C(=O)NCCN(CCNC(=O)C(C)C)CCNC(=O)C(C)C. The molecule has 0 atom stereocenters. The minimum absolute atomic E-state index is 0.0289. The van der Waals surface area contributed by atoms with Gasteiger partial charge in [0.2, 0.25) is 17.7 Å². The number of hydrogen-bond donors (Lipinski definition) is 3. The molecular formula is C18H36N4O3. The fourth-order valence-electron chi connectivity index (χ4n) is 1.96. The van der Waals surface area contributed by atoms with Gasteiger partial charge in [-0.1, -0.05) is 41.5 Å². The van der Waals surface area contributed by atoms with Crippen LogP contribution >= 0.6 is 0 Å². The van der Waals surface area contributed by atoms with E-state index in [2.05, 4.69) is 20.9 Å². The van der Waals surface area contributed by atoms with Crippen LogP contribution in [-0.2, 0) is 14.4 Å². The molecule has 0 aromatic carbocycles. The maximum Gasteiger partial charge on any atom is 0.222 e. The van der Waals surface area contributed by atoms with E-state index >= 15 is 0 Å². The van der Waals surface area contributed by atoms with Crippen molar-refractivity contribution < 1.29 is 14.4 Å². The summed E-state index contributed by atoms with van der Waals surface area (Å²) in [5, 5.41) is 8.68. The molecule has 3 amide bonds. The zero-order chi connectivity index (χ0) is 19.4. The highest BCUT2D eigenvalue weighted by Gasteiger charge is 2.11. The first-order chi connectivity index (χ1) is 11.6. The van der Waals surface area contributed by atoms with Crippen LogP contribution in [0.3, 0.4) is 0 Å². The lowest BCUT2D eigenvalue weighted by Crippen LogP contribution is -2.44. The molecule has 0 saturated carbocycles. The summed E-state index contributed by atoms with van der Waals surface area (Å²) in [5.74, 6) is -0.0270. The lowest BCUT2D eigenvalue weighted by Gasteiger charge is -2.23. The molecule has 0 aliphatic carbocycles. The minimum Gasteiger partial charge on any atom is -0.355 e. The first-order valence-electron chi connectivity index (χ1n) is 9.20. The summed E-state index contributed by atoms with van der Waals surface area (Å²) >= 11 is 0. The molecular weight excluding hydrogens is 320 g/mol. The van der Waals surface area contributed by atoms with Crippen LogP contribution in [0.2, 0.25) is 0 Å². The van der Waals surface area contributed by atoms with Crippen molar-refractivity contribution in [3.05, 3.63) is 0 Å². The summed E-state index contributed by atoms with van der Waals surface area (Å²) in [6, 6.07) is 0. The van der Waals surface area contributed by atoms with E-state index < -0.39 is 0 Å². The Morgan fingerprint density at radius 1 is 0.600 bits per heavy atom. The summed E-state index contributed by atoms with van der Waals surface area (Å²) in [5.41, 5.74) is 0. The normalized spacial score (nSPS) is 11.3. The van der Waals surface area contributed by atoms with E-state index in [-0.39, 0.29) is 35.5 Å². The average molecular weight is 357 g/mol. The Labute approximate surface area is 152 Å². The number of rotatable bonds is 12. The summed E-state index contributed by atoms with van der Waals surface area (Å²) < 4.78 is 0. The van der Waals surface area contributed by atoms with Gasteiger partial charge in [-0.05, 0) is 0 Å². The number of nitrogens with one attached hydrogen (secondary N) is 3. The van der Waals surface area contributed by atoms with Gasteiger partial charge in [-0.2, -0.15) is 0 Å². The highest BCUT2D eigenvalue weighted by molar-refractivity contribution is 5.78. The van der Waals surface area contributed by atoms with Crippen molar-refractivity contribution in [3.8, 4) is 0 Å². The summed E-state index contributed by atoms with van der Waals surface area (Å²) in [6.45, 7) is 14.8. The molecule has 0 aromatic rings. The van der Waals surface area contributed by atoms with Crippen LogP contribution in [0.25, 0.3) is 0 Å². The molecule has 0 aliphatic heterocycles. The molecule has 0 unspecified atom stereocenters. The smallest absolute Gasteiger partial charge is 0.222 e. The van der Waals surface area contributed by atoms with Crippen LogP contribution in [0.1, 0.15) is 41.5 Å². The van der Waals surface area contributed by atoms with Crippen molar-refractivity contribution in [2.45, 2.75) is 41.5 Å². The van der Waals surface area contributed by atoms with Crippen molar-refractivity contribution in [3.63, 3.8) is 0 Å². The Hall–Kier alpha value is -1.63. The largest absolute Gasteiger partial charge is 0.355 e. The number of carbonyl (C=O) groups excluding carboxylic acids is 3. The fourth-order valence-corrected chi connectivity index (χ4v) is 1.96. The van der Waals surface area contributed by atoms with E-state index in [1.807, 2.05) is 41.5 Å². The average Bonchev–Trinajstić information content (AvgIpc) is 2.53. The highest BCUT2D eigenvalue weighted by atomic mass is 16.2. The number of amides is 3. The molecule has 0 radical (unpaired) electrons. The van der Waals surface area contributed by atoms with Gasteiger partial charge in [-0.15, -0.1) is 0 Å². The number of hydrogen-bond acceptors (Lipinski definition) is 4. The van der Waals surface area contributed by atoms with E-state index in [0.717, 1.165) is 0 Å². The predicted molar refractivity (Wildman–Crippen MR) is 100.0 cm³/mol. The molecule has 3 N–H and O–H groups in total. The topological polar surface area (TPSA) is 90.5 Å². The van der Waals surface area contributed by atoms with Gasteiger partial charge in [-0.3, -0.25) is 19.3 Å². The summed E-state index contributed by atoms with van der Waals surface area (Å²) in [6.07, 6.45) is 0. The quantitative estimate of drug-likeness (QED) is 0.478. The van der Waals surface area contributed by atoms with Crippen LogP contribution < -0.4 is 16.0 Å². The Kier molecular flexibility index (Phi) is 11.9. The van der Waals surface area contributed by atoms with Gasteiger partial charge in [-0.25, -0.2) is 0 Å². The van der Waals surface area contributed by atoms with Gasteiger partial charge in [0.15, 0.2) is 0 Å². The molecule has 0 aromatic heterocycles. The van der Waals surface area contributed by atoms with Gasteiger partial charge in [0.05, 0.1) is 0 Å². The molecule has 0 fully saturated rings. The molecule has 0 aliphatic rings. The van der Waals surface area contributed by atoms with Crippen LogP contribution in [0, 0.1) is 17.8 Å². The second-order valence-corrected chi connectivity index (χ2v) is 7.18. The zero-order valence-electron chi connectivity index (χ0n) is 16.6. The predicted octanol–water partition coefficient (Wildman–Crippen LogP) is 0.605. The van der Waals surface area contributed by atoms with Gasteiger partial charge in [0.25, 0.3) is 0 Å². The Balaban J connectivity index is 4.31. The van der Waals surface area contributed by atoms with Gasteiger partial charge in [0.1, 0.15) is 0 Å². The number of carbonyl (C=O) groups is 3. The van der Waals surface area contributed by atoms with E-state index in [4.69, 9.17) is 0 Å². The Bertz CT molecular complexity index is 361. The second-order valence-electron chi connectivity index (χ2n) is 7.18. The third-order valence-electron chi connectivity index (χ3n) is 3.75. The van der Waals surface area contributed by atoms with Crippen LogP contribution in [0.15, 0.2) is 0 Å². The van der Waals surface area contributed by atoms with E-state index in [0.29, 0.717) is 39.3 Å². The zero-order valence-corrected chi connectivity index (χ0v) is 16.6. The summed E-state index contributed by atoms with van der Waals surface area (Å²) in [4.78, 5) is 37.0. The molecule has 0 bridgehead atoms. The van der Waals surface area contributed by atoms with Gasteiger partial charge >= 0.3 is 0 Å². The molecule has 0 spiro atoms. The highest BCUT2D eigenvalue weighted by Crippen LogP contribution is 1.94. The molecule has 7 nitrogen and oxygen atoms in total. The standard InChI is InChI=1S/C18H36N4O3/c1-13(2)16(23)19-7-10-22(11-8-20-17(24)14(3)4)12-9-21-18(25)15(5)6/h13-15H,7-12H2,1-6H3,(H,19,23)(H,20,24)(H,21,25). The fraction of sp³-hybridized carbons (Fsp3) is 0.833. The lowest BCUT2D eigenvalue weighted by atomic mass is 10.2. The number of nitrogens with zero attached hydrogens (tertiary/aromatic N) is 1. The van der Waals surface area contributed by atoms with Crippen molar-refractivity contribution >= 4 is 17.7 Å². The Morgan fingerprint density at radius 3 is 1.04 bits per heavy atom.